The molecule has 4 N–H and O–H groups in total. The second-order valence-corrected chi connectivity index (χ2v) is 5.89. The minimum Gasteiger partial charge on any atom is -0.409 e. The molecule has 1 amide bonds. The van der Waals surface area contributed by atoms with Gasteiger partial charge >= 0.3 is 0 Å². The SMILES string of the molecule is CC1CCC(NC(=O)C(Cc2ccccc2)/C(N)=N/O)C1. The van der Waals surface area contributed by atoms with Crippen molar-refractivity contribution in [2.24, 2.45) is 22.7 Å². The van der Waals surface area contributed by atoms with Crippen molar-refractivity contribution in [1.82, 2.24) is 5.32 Å². The molecule has 114 valence electrons. The van der Waals surface area contributed by atoms with E-state index in [-0.39, 0.29) is 17.8 Å². The monoisotopic (exact) mass is 289 g/mol. The average molecular weight is 289 g/mol. The number of hydrogen-bond donors (Lipinski definition) is 3. The first kappa shape index (κ1) is 15.4. The second kappa shape index (κ2) is 7.11. The molecule has 0 spiro atoms. The summed E-state index contributed by atoms with van der Waals surface area (Å²) in [6, 6.07) is 9.81. The quantitative estimate of drug-likeness (QED) is 0.335. The van der Waals surface area contributed by atoms with Gasteiger partial charge in [0.25, 0.3) is 0 Å². The van der Waals surface area contributed by atoms with E-state index < -0.39 is 5.92 Å². The lowest BCUT2D eigenvalue weighted by molar-refractivity contribution is -0.123. The van der Waals surface area contributed by atoms with Gasteiger partial charge in [-0.15, -0.1) is 0 Å². The maximum Gasteiger partial charge on any atom is 0.231 e. The molecule has 3 atom stereocenters. The van der Waals surface area contributed by atoms with E-state index in [0.29, 0.717) is 12.3 Å². The van der Waals surface area contributed by atoms with Crippen molar-refractivity contribution in [2.45, 2.75) is 38.6 Å². The number of nitrogens with one attached hydrogen (secondary N) is 1. The number of carbonyl (C=O) groups excluding carboxylic acids is 1. The molecule has 5 heteroatoms. The van der Waals surface area contributed by atoms with E-state index in [2.05, 4.69) is 17.4 Å². The van der Waals surface area contributed by atoms with Crippen molar-refractivity contribution in [3.05, 3.63) is 35.9 Å². The Morgan fingerprint density at radius 1 is 1.43 bits per heavy atom. The van der Waals surface area contributed by atoms with Crippen molar-refractivity contribution in [3.8, 4) is 0 Å². The predicted molar refractivity (Wildman–Crippen MR) is 82.0 cm³/mol. The van der Waals surface area contributed by atoms with E-state index in [9.17, 15) is 4.79 Å². The third-order valence-electron chi connectivity index (χ3n) is 4.11. The highest BCUT2D eigenvalue weighted by atomic mass is 16.4. The van der Waals surface area contributed by atoms with Gasteiger partial charge in [0, 0.05) is 6.04 Å². The standard InChI is InChI=1S/C16H23N3O2/c1-11-7-8-13(9-11)18-16(20)14(15(17)19-21)10-12-5-3-2-4-6-12/h2-6,11,13-14,21H,7-10H2,1H3,(H2,17,19)(H,18,20). The summed E-state index contributed by atoms with van der Waals surface area (Å²) in [7, 11) is 0. The van der Waals surface area contributed by atoms with Crippen LogP contribution in [0.15, 0.2) is 35.5 Å². The molecule has 5 nitrogen and oxygen atoms in total. The fourth-order valence-electron chi connectivity index (χ4n) is 2.89. The highest BCUT2D eigenvalue weighted by Gasteiger charge is 2.28. The number of amides is 1. The van der Waals surface area contributed by atoms with Gasteiger partial charge in [-0.05, 0) is 37.2 Å². The van der Waals surface area contributed by atoms with Crippen LogP contribution in [-0.4, -0.2) is 23.0 Å². The van der Waals surface area contributed by atoms with Crippen LogP contribution in [0.2, 0.25) is 0 Å². The molecule has 1 aliphatic rings. The van der Waals surface area contributed by atoms with Gasteiger partial charge in [-0.25, -0.2) is 0 Å². The van der Waals surface area contributed by atoms with Crippen LogP contribution >= 0.6 is 0 Å². The second-order valence-electron chi connectivity index (χ2n) is 5.89. The molecule has 1 aliphatic carbocycles. The molecule has 0 aromatic heterocycles. The molecule has 1 aromatic rings. The van der Waals surface area contributed by atoms with Crippen LogP contribution in [-0.2, 0) is 11.2 Å². The fraction of sp³-hybridized carbons (Fsp3) is 0.500. The smallest absolute Gasteiger partial charge is 0.231 e. The van der Waals surface area contributed by atoms with Gasteiger partial charge in [-0.2, -0.15) is 0 Å². The van der Waals surface area contributed by atoms with Crippen molar-refractivity contribution in [2.75, 3.05) is 0 Å². The number of oxime groups is 1. The summed E-state index contributed by atoms with van der Waals surface area (Å²) in [6.45, 7) is 2.19. The van der Waals surface area contributed by atoms with Gasteiger partial charge < -0.3 is 16.3 Å². The van der Waals surface area contributed by atoms with Gasteiger partial charge in [0.2, 0.25) is 5.91 Å². The molecule has 1 fully saturated rings. The Morgan fingerprint density at radius 2 is 2.14 bits per heavy atom. The summed E-state index contributed by atoms with van der Waals surface area (Å²) in [6.07, 6.45) is 3.57. The van der Waals surface area contributed by atoms with Gasteiger partial charge in [-0.1, -0.05) is 42.4 Å². The first-order chi connectivity index (χ1) is 10.1. The lowest BCUT2D eigenvalue weighted by Crippen LogP contribution is -2.43. The molecule has 0 heterocycles. The Labute approximate surface area is 125 Å². The Kier molecular flexibility index (Phi) is 5.20. The molecule has 2 rings (SSSR count). The minimum atomic E-state index is -0.631. The normalized spacial score (nSPS) is 23.8. The van der Waals surface area contributed by atoms with E-state index in [1.807, 2.05) is 30.3 Å². The predicted octanol–water partition coefficient (Wildman–Crippen LogP) is 1.90. The number of hydrogen-bond acceptors (Lipinski definition) is 3. The lowest BCUT2D eigenvalue weighted by atomic mass is 9.97. The summed E-state index contributed by atoms with van der Waals surface area (Å²) >= 11 is 0. The highest BCUT2D eigenvalue weighted by molar-refractivity contribution is 6.02. The number of nitrogens with zero attached hydrogens (tertiary/aromatic N) is 1. The Balaban J connectivity index is 2.03. The molecule has 0 radical (unpaired) electrons. The molecule has 0 aliphatic heterocycles. The van der Waals surface area contributed by atoms with Gasteiger partial charge in [0.05, 0.1) is 0 Å². The van der Waals surface area contributed by atoms with Crippen LogP contribution in [0.4, 0.5) is 0 Å². The number of benzene rings is 1. The summed E-state index contributed by atoms with van der Waals surface area (Å²) in [5, 5.41) is 15.0. The molecule has 3 unspecified atom stereocenters. The van der Waals surface area contributed by atoms with E-state index >= 15 is 0 Å². The van der Waals surface area contributed by atoms with Crippen LogP contribution < -0.4 is 11.1 Å². The Bertz CT molecular complexity index is 502. The molecule has 1 aromatic carbocycles. The molecule has 0 saturated heterocycles. The van der Waals surface area contributed by atoms with Gasteiger partial charge in [0.15, 0.2) is 5.84 Å². The zero-order valence-corrected chi connectivity index (χ0v) is 12.3. The summed E-state index contributed by atoms with van der Waals surface area (Å²) < 4.78 is 0. The van der Waals surface area contributed by atoms with Gasteiger partial charge in [0.1, 0.15) is 5.92 Å². The average Bonchev–Trinajstić information content (AvgIpc) is 2.90. The van der Waals surface area contributed by atoms with Gasteiger partial charge in [-0.3, -0.25) is 4.79 Å². The number of nitrogens with two attached hydrogens (primary N) is 1. The highest BCUT2D eigenvalue weighted by Crippen LogP contribution is 2.25. The van der Waals surface area contributed by atoms with Crippen LogP contribution in [0, 0.1) is 11.8 Å². The first-order valence-electron chi connectivity index (χ1n) is 7.42. The maximum absolute atomic E-state index is 12.4. The zero-order chi connectivity index (χ0) is 15.2. The van der Waals surface area contributed by atoms with Crippen LogP contribution in [0.5, 0.6) is 0 Å². The summed E-state index contributed by atoms with van der Waals surface area (Å²) in [5.74, 6) is -0.185. The van der Waals surface area contributed by atoms with Crippen molar-refractivity contribution >= 4 is 11.7 Å². The van der Waals surface area contributed by atoms with Crippen molar-refractivity contribution in [1.29, 1.82) is 0 Å². The maximum atomic E-state index is 12.4. The van der Waals surface area contributed by atoms with E-state index in [1.165, 1.54) is 0 Å². The van der Waals surface area contributed by atoms with E-state index in [0.717, 1.165) is 24.8 Å². The van der Waals surface area contributed by atoms with Crippen molar-refractivity contribution < 1.29 is 10.0 Å². The van der Waals surface area contributed by atoms with Crippen LogP contribution in [0.25, 0.3) is 0 Å². The number of carbonyl (C=O) groups is 1. The Morgan fingerprint density at radius 3 is 2.71 bits per heavy atom. The first-order valence-corrected chi connectivity index (χ1v) is 7.42. The summed E-state index contributed by atoms with van der Waals surface area (Å²) in [5.41, 5.74) is 6.70. The molecular weight excluding hydrogens is 266 g/mol. The number of amidine groups is 1. The van der Waals surface area contributed by atoms with Crippen molar-refractivity contribution in [3.63, 3.8) is 0 Å². The largest absolute Gasteiger partial charge is 0.409 e. The summed E-state index contributed by atoms with van der Waals surface area (Å²) in [4.78, 5) is 12.4. The lowest BCUT2D eigenvalue weighted by Gasteiger charge is -2.19. The molecule has 1 saturated carbocycles. The molecule has 21 heavy (non-hydrogen) atoms. The minimum absolute atomic E-state index is 0.0394. The molecular formula is C16H23N3O2. The third kappa shape index (κ3) is 4.21. The zero-order valence-electron chi connectivity index (χ0n) is 12.3. The third-order valence-corrected chi connectivity index (χ3v) is 4.11. The van der Waals surface area contributed by atoms with Crippen LogP contribution in [0.1, 0.15) is 31.7 Å². The van der Waals surface area contributed by atoms with E-state index in [1.54, 1.807) is 0 Å². The van der Waals surface area contributed by atoms with E-state index in [4.69, 9.17) is 10.9 Å². The topological polar surface area (TPSA) is 87.7 Å². The number of rotatable bonds is 5. The van der Waals surface area contributed by atoms with Crippen LogP contribution in [0.3, 0.4) is 0 Å². The Hall–Kier alpha value is -2.04. The fourth-order valence-corrected chi connectivity index (χ4v) is 2.89. The molecule has 0 bridgehead atoms.